The largest absolute Gasteiger partial charge is 0.454 e. The Morgan fingerprint density at radius 3 is 2.57 bits per heavy atom. The van der Waals surface area contributed by atoms with Crippen molar-refractivity contribution in [2.45, 2.75) is 26.6 Å². The molecule has 10 heteroatoms. The molecule has 3 rings (SSSR count). The van der Waals surface area contributed by atoms with Crippen molar-refractivity contribution >= 4 is 5.97 Å². The Labute approximate surface area is 156 Å². The Balaban J connectivity index is 1.98. The number of ether oxygens (including phenoxy) is 1. The third kappa shape index (κ3) is 3.95. The average Bonchev–Trinajstić information content (AvgIpc) is 3.04. The van der Waals surface area contributed by atoms with E-state index < -0.39 is 28.8 Å². The third-order valence-electron chi connectivity index (χ3n) is 3.77. The summed E-state index contributed by atoms with van der Waals surface area (Å²) in [6.07, 6.45) is -4.64. The first-order valence-corrected chi connectivity index (χ1v) is 8.03. The fraction of sp³-hybridized carbons (Fsp3) is 0.222. The molecule has 0 fully saturated rings. The number of aromatic nitrogens is 3. The summed E-state index contributed by atoms with van der Waals surface area (Å²) in [6.45, 7) is 2.79. The fourth-order valence-electron chi connectivity index (χ4n) is 2.52. The van der Waals surface area contributed by atoms with Crippen molar-refractivity contribution in [3.8, 4) is 5.69 Å². The van der Waals surface area contributed by atoms with Crippen molar-refractivity contribution in [3.63, 3.8) is 0 Å². The minimum absolute atomic E-state index is 0.130. The lowest BCUT2D eigenvalue weighted by Crippen LogP contribution is -2.25. The van der Waals surface area contributed by atoms with Gasteiger partial charge in [0.15, 0.2) is 0 Å². The quantitative estimate of drug-likeness (QED) is 0.633. The second-order valence-electron chi connectivity index (χ2n) is 5.93. The van der Waals surface area contributed by atoms with Gasteiger partial charge in [0.1, 0.15) is 18.1 Å². The molecular weight excluding hydrogens is 379 g/mol. The molecule has 0 bridgehead atoms. The molecule has 0 radical (unpaired) electrons. The first-order chi connectivity index (χ1) is 13.2. The van der Waals surface area contributed by atoms with Crippen molar-refractivity contribution < 1.29 is 27.2 Å². The van der Waals surface area contributed by atoms with E-state index in [9.17, 15) is 22.8 Å². The van der Waals surface area contributed by atoms with Crippen LogP contribution in [0, 0.1) is 13.8 Å². The summed E-state index contributed by atoms with van der Waals surface area (Å²) in [7, 11) is 0. The van der Waals surface area contributed by atoms with Crippen LogP contribution in [0.25, 0.3) is 5.69 Å². The van der Waals surface area contributed by atoms with Gasteiger partial charge in [-0.15, -0.1) is 0 Å². The molecule has 2 heterocycles. The van der Waals surface area contributed by atoms with Gasteiger partial charge in [-0.25, -0.2) is 9.48 Å². The van der Waals surface area contributed by atoms with E-state index in [1.807, 2.05) is 0 Å². The predicted octanol–water partition coefficient (Wildman–Crippen LogP) is 3.21. The summed E-state index contributed by atoms with van der Waals surface area (Å²) >= 11 is 0. The number of esters is 1. The number of alkyl halides is 3. The van der Waals surface area contributed by atoms with Gasteiger partial charge in [-0.2, -0.15) is 18.3 Å². The van der Waals surface area contributed by atoms with Crippen LogP contribution in [0.1, 0.15) is 33.2 Å². The van der Waals surface area contributed by atoms with Gasteiger partial charge in [-0.05, 0) is 26.0 Å². The highest BCUT2D eigenvalue weighted by Gasteiger charge is 2.34. The minimum Gasteiger partial charge on any atom is -0.454 e. The zero-order valence-corrected chi connectivity index (χ0v) is 14.8. The summed E-state index contributed by atoms with van der Waals surface area (Å²) in [5.74, 6) is -0.575. The lowest BCUT2D eigenvalue weighted by Gasteiger charge is -2.16. The molecule has 0 amide bonds. The summed E-state index contributed by atoms with van der Waals surface area (Å²) in [5.41, 5.74) is -2.21. The van der Waals surface area contributed by atoms with E-state index in [4.69, 9.17) is 9.26 Å². The summed E-state index contributed by atoms with van der Waals surface area (Å²) < 4.78 is 50.6. The molecule has 0 saturated heterocycles. The Morgan fingerprint density at radius 2 is 1.93 bits per heavy atom. The van der Waals surface area contributed by atoms with E-state index in [0.717, 1.165) is 16.8 Å². The number of nitrogens with zero attached hydrogens (tertiary/aromatic N) is 3. The molecular formula is C18H14F3N3O4. The van der Waals surface area contributed by atoms with Crippen LogP contribution in [0.15, 0.2) is 45.7 Å². The van der Waals surface area contributed by atoms with Crippen LogP contribution in [0.5, 0.6) is 0 Å². The van der Waals surface area contributed by atoms with Crippen LogP contribution in [-0.2, 0) is 17.5 Å². The molecule has 0 aliphatic carbocycles. The summed E-state index contributed by atoms with van der Waals surface area (Å²) in [5, 5.41) is 7.46. The first-order valence-electron chi connectivity index (χ1n) is 8.03. The topological polar surface area (TPSA) is 87.2 Å². The maximum atomic E-state index is 13.3. The first kappa shape index (κ1) is 19.3. The van der Waals surface area contributed by atoms with Gasteiger partial charge in [0.2, 0.25) is 11.1 Å². The Kier molecular flexibility index (Phi) is 5.04. The number of carbonyl (C=O) groups is 1. The number of benzene rings is 1. The number of hydrogen-bond acceptors (Lipinski definition) is 6. The van der Waals surface area contributed by atoms with E-state index in [-0.39, 0.29) is 18.0 Å². The minimum atomic E-state index is -4.64. The normalized spacial score (nSPS) is 11.5. The maximum absolute atomic E-state index is 13.3. The molecule has 3 aromatic rings. The van der Waals surface area contributed by atoms with Crippen LogP contribution in [-0.4, -0.2) is 20.9 Å². The number of carbonyl (C=O) groups excluding carboxylic acids is 1. The summed E-state index contributed by atoms with van der Waals surface area (Å²) in [6, 6.07) is 7.28. The predicted molar refractivity (Wildman–Crippen MR) is 89.9 cm³/mol. The molecule has 146 valence electrons. The zero-order chi connectivity index (χ0) is 20.5. The Hall–Kier alpha value is -3.43. The number of aryl methyl sites for hydroxylation is 2. The van der Waals surface area contributed by atoms with Gasteiger partial charge in [0.25, 0.3) is 0 Å². The molecule has 1 aromatic carbocycles. The van der Waals surface area contributed by atoms with Crippen molar-refractivity contribution in [1.29, 1.82) is 0 Å². The van der Waals surface area contributed by atoms with E-state index in [1.165, 1.54) is 31.2 Å². The molecule has 0 aliphatic heterocycles. The zero-order valence-electron chi connectivity index (χ0n) is 14.8. The molecule has 0 aliphatic rings. The van der Waals surface area contributed by atoms with Gasteiger partial charge in [0.05, 0.1) is 11.3 Å². The van der Waals surface area contributed by atoms with E-state index in [2.05, 4.69) is 10.3 Å². The number of para-hydroxylation sites is 1. The average molecular weight is 393 g/mol. The highest BCUT2D eigenvalue weighted by atomic mass is 19.4. The van der Waals surface area contributed by atoms with Crippen molar-refractivity contribution in [3.05, 3.63) is 75.0 Å². The monoisotopic (exact) mass is 393 g/mol. The summed E-state index contributed by atoms with van der Waals surface area (Å²) in [4.78, 5) is 24.4. The Bertz CT molecular complexity index is 1090. The molecule has 0 atom stereocenters. The second-order valence-corrected chi connectivity index (χ2v) is 5.93. The molecule has 0 spiro atoms. The standard InChI is InChI=1S/C18H14F3N3O4/c1-10-7-15(25)16(17(26)27-9-12-8-11(2)28-23-12)22-24(10)14-6-4-3-5-13(14)18(19,20)21/h3-8H,9H2,1-2H3. The highest BCUT2D eigenvalue weighted by Crippen LogP contribution is 2.33. The van der Waals surface area contributed by atoms with Gasteiger partial charge in [-0.3, -0.25) is 4.79 Å². The lowest BCUT2D eigenvalue weighted by molar-refractivity contribution is -0.137. The van der Waals surface area contributed by atoms with Crippen molar-refractivity contribution in [2.24, 2.45) is 0 Å². The van der Waals surface area contributed by atoms with Crippen molar-refractivity contribution in [1.82, 2.24) is 14.9 Å². The van der Waals surface area contributed by atoms with Gasteiger partial charge >= 0.3 is 12.1 Å². The molecule has 28 heavy (non-hydrogen) atoms. The molecule has 7 nitrogen and oxygen atoms in total. The van der Waals surface area contributed by atoms with E-state index in [1.54, 1.807) is 6.92 Å². The van der Waals surface area contributed by atoms with Gasteiger partial charge < -0.3 is 9.26 Å². The van der Waals surface area contributed by atoms with Gasteiger partial charge in [-0.1, -0.05) is 17.3 Å². The van der Waals surface area contributed by atoms with Crippen LogP contribution in [0.2, 0.25) is 0 Å². The van der Waals surface area contributed by atoms with E-state index >= 15 is 0 Å². The van der Waals surface area contributed by atoms with Crippen LogP contribution in [0.3, 0.4) is 0 Å². The third-order valence-corrected chi connectivity index (χ3v) is 3.77. The second kappa shape index (κ2) is 7.29. The SMILES string of the molecule is Cc1cc(COC(=O)c2nn(-c3ccccc3C(F)(F)F)c(C)cc2=O)no1. The van der Waals surface area contributed by atoms with Crippen LogP contribution < -0.4 is 5.43 Å². The van der Waals surface area contributed by atoms with Crippen molar-refractivity contribution in [2.75, 3.05) is 0 Å². The van der Waals surface area contributed by atoms with E-state index in [0.29, 0.717) is 11.5 Å². The van der Waals surface area contributed by atoms with Crippen LogP contribution in [0.4, 0.5) is 13.2 Å². The molecule has 0 unspecified atom stereocenters. The van der Waals surface area contributed by atoms with Crippen LogP contribution >= 0.6 is 0 Å². The molecule has 2 aromatic heterocycles. The number of hydrogen-bond donors (Lipinski definition) is 0. The Morgan fingerprint density at radius 1 is 1.21 bits per heavy atom. The van der Waals surface area contributed by atoms with Gasteiger partial charge in [0, 0.05) is 17.8 Å². The smallest absolute Gasteiger partial charge is 0.418 e. The highest BCUT2D eigenvalue weighted by molar-refractivity contribution is 5.86. The number of halogens is 3. The fourth-order valence-corrected chi connectivity index (χ4v) is 2.52. The lowest BCUT2D eigenvalue weighted by atomic mass is 10.1. The number of rotatable bonds is 4. The maximum Gasteiger partial charge on any atom is 0.418 e. The molecule has 0 N–H and O–H groups in total. The molecule has 0 saturated carbocycles.